The van der Waals surface area contributed by atoms with Gasteiger partial charge in [-0.1, -0.05) is 0 Å². The summed E-state index contributed by atoms with van der Waals surface area (Å²) in [6.45, 7) is 7.93. The molecule has 0 bridgehead atoms. The van der Waals surface area contributed by atoms with E-state index >= 15 is 0 Å². The molecule has 20 heavy (non-hydrogen) atoms. The maximum Gasteiger partial charge on any atom is 0.498 e. The third kappa shape index (κ3) is 2.91. The van der Waals surface area contributed by atoms with E-state index in [4.69, 9.17) is 15.0 Å². The summed E-state index contributed by atoms with van der Waals surface area (Å²) in [5.74, 6) is -0.132. The van der Waals surface area contributed by atoms with Crippen molar-refractivity contribution in [3.8, 4) is 0 Å². The standard InChI is InChI=1S/C12H19BN4O3/c1-11(2)12(3,4)20-13(19-11)8-5-15-10(16-6-8)17-7-9(14)18/h5-6H,7H2,1-4H3,(H2,14,18)(H,15,16,17). The lowest BCUT2D eigenvalue weighted by atomic mass is 9.81. The normalized spacial score (nSPS) is 19.9. The number of hydrogen-bond donors (Lipinski definition) is 2. The van der Waals surface area contributed by atoms with Crippen molar-refractivity contribution in [2.24, 2.45) is 5.73 Å². The fourth-order valence-corrected chi connectivity index (χ4v) is 1.70. The van der Waals surface area contributed by atoms with Crippen LogP contribution in [0.3, 0.4) is 0 Å². The number of primary amides is 1. The second-order valence-corrected chi connectivity index (χ2v) is 5.75. The molecule has 1 aromatic heterocycles. The molecule has 0 saturated carbocycles. The van der Waals surface area contributed by atoms with E-state index in [9.17, 15) is 4.79 Å². The lowest BCUT2D eigenvalue weighted by Gasteiger charge is -2.32. The minimum Gasteiger partial charge on any atom is -0.399 e. The maximum absolute atomic E-state index is 10.7. The summed E-state index contributed by atoms with van der Waals surface area (Å²) in [6, 6.07) is 0. The van der Waals surface area contributed by atoms with Gasteiger partial charge in [-0.15, -0.1) is 0 Å². The summed E-state index contributed by atoms with van der Waals surface area (Å²) in [5.41, 5.74) is 4.96. The lowest BCUT2D eigenvalue weighted by Crippen LogP contribution is -2.41. The molecule has 0 unspecified atom stereocenters. The summed E-state index contributed by atoms with van der Waals surface area (Å²) in [5, 5.41) is 2.72. The Balaban J connectivity index is 2.06. The Morgan fingerprint density at radius 2 is 1.75 bits per heavy atom. The third-order valence-electron chi connectivity index (χ3n) is 3.62. The highest BCUT2D eigenvalue weighted by atomic mass is 16.7. The first-order chi connectivity index (χ1) is 9.21. The number of aromatic nitrogens is 2. The van der Waals surface area contributed by atoms with Gasteiger partial charge in [-0.25, -0.2) is 9.97 Å². The molecule has 0 aromatic carbocycles. The number of hydrogen-bond acceptors (Lipinski definition) is 6. The summed E-state index contributed by atoms with van der Waals surface area (Å²) >= 11 is 0. The minimum atomic E-state index is -0.495. The van der Waals surface area contributed by atoms with Crippen molar-refractivity contribution in [1.29, 1.82) is 0 Å². The number of carbonyl (C=O) groups is 1. The molecule has 8 heteroatoms. The number of anilines is 1. The summed E-state index contributed by atoms with van der Waals surface area (Å²) < 4.78 is 11.8. The van der Waals surface area contributed by atoms with Crippen LogP contribution in [0.15, 0.2) is 12.4 Å². The molecule has 1 aliphatic rings. The van der Waals surface area contributed by atoms with Crippen LogP contribution in [0, 0.1) is 0 Å². The van der Waals surface area contributed by atoms with E-state index in [0.29, 0.717) is 5.95 Å². The molecule has 0 spiro atoms. The fourth-order valence-electron chi connectivity index (χ4n) is 1.70. The smallest absolute Gasteiger partial charge is 0.399 e. The molecule has 0 radical (unpaired) electrons. The molecule has 2 heterocycles. The van der Waals surface area contributed by atoms with Gasteiger partial charge in [-0.3, -0.25) is 4.79 Å². The minimum absolute atomic E-state index is 0.00413. The van der Waals surface area contributed by atoms with Crippen LogP contribution in [-0.4, -0.2) is 40.7 Å². The molecule has 1 amide bonds. The van der Waals surface area contributed by atoms with Crippen molar-refractivity contribution in [3.63, 3.8) is 0 Å². The molecular formula is C12H19BN4O3. The van der Waals surface area contributed by atoms with Crippen molar-refractivity contribution < 1.29 is 14.1 Å². The highest BCUT2D eigenvalue weighted by Gasteiger charge is 2.51. The summed E-state index contributed by atoms with van der Waals surface area (Å²) in [4.78, 5) is 18.9. The van der Waals surface area contributed by atoms with Gasteiger partial charge in [0.1, 0.15) is 0 Å². The van der Waals surface area contributed by atoms with E-state index in [-0.39, 0.29) is 6.54 Å². The van der Waals surface area contributed by atoms with E-state index in [1.54, 1.807) is 12.4 Å². The average molecular weight is 278 g/mol. The Morgan fingerprint density at radius 3 is 2.20 bits per heavy atom. The van der Waals surface area contributed by atoms with E-state index in [1.807, 2.05) is 27.7 Å². The van der Waals surface area contributed by atoms with Gasteiger partial charge >= 0.3 is 7.12 Å². The number of nitrogens with one attached hydrogen (secondary N) is 1. The number of carbonyl (C=O) groups excluding carboxylic acids is 1. The van der Waals surface area contributed by atoms with Gasteiger partial charge in [0.05, 0.1) is 17.7 Å². The molecular weight excluding hydrogens is 259 g/mol. The monoisotopic (exact) mass is 278 g/mol. The van der Waals surface area contributed by atoms with Crippen LogP contribution in [0.2, 0.25) is 0 Å². The van der Waals surface area contributed by atoms with Crippen molar-refractivity contribution >= 4 is 24.4 Å². The predicted octanol–water partition coefficient (Wildman–Crippen LogP) is -0.327. The Kier molecular flexibility index (Phi) is 3.70. The van der Waals surface area contributed by atoms with Crippen LogP contribution in [0.1, 0.15) is 27.7 Å². The van der Waals surface area contributed by atoms with Crippen LogP contribution < -0.4 is 16.5 Å². The summed E-state index contributed by atoms with van der Waals surface area (Å²) in [6.07, 6.45) is 3.22. The van der Waals surface area contributed by atoms with Crippen LogP contribution >= 0.6 is 0 Å². The van der Waals surface area contributed by atoms with E-state index in [2.05, 4.69) is 15.3 Å². The first-order valence-electron chi connectivity index (χ1n) is 6.41. The Morgan fingerprint density at radius 1 is 1.25 bits per heavy atom. The van der Waals surface area contributed by atoms with E-state index < -0.39 is 24.2 Å². The second kappa shape index (κ2) is 5.03. The van der Waals surface area contributed by atoms with E-state index in [0.717, 1.165) is 5.46 Å². The van der Waals surface area contributed by atoms with Crippen molar-refractivity contribution in [2.45, 2.75) is 38.9 Å². The van der Waals surface area contributed by atoms with Gasteiger partial charge in [0.2, 0.25) is 11.9 Å². The zero-order valence-corrected chi connectivity index (χ0v) is 12.1. The van der Waals surface area contributed by atoms with Crippen LogP contribution in [0.4, 0.5) is 5.95 Å². The topological polar surface area (TPSA) is 99.4 Å². The zero-order chi connectivity index (χ0) is 15.0. The van der Waals surface area contributed by atoms with Gasteiger partial charge in [0, 0.05) is 17.9 Å². The first-order valence-corrected chi connectivity index (χ1v) is 6.41. The van der Waals surface area contributed by atoms with Gasteiger partial charge in [-0.05, 0) is 27.7 Å². The summed E-state index contributed by atoms with van der Waals surface area (Å²) in [7, 11) is -0.495. The molecule has 0 atom stereocenters. The number of nitrogens with zero attached hydrogens (tertiary/aromatic N) is 2. The molecule has 2 rings (SSSR count). The SMILES string of the molecule is CC1(C)OB(c2cnc(NCC(N)=O)nc2)OC1(C)C. The fraction of sp³-hybridized carbons (Fsp3) is 0.583. The van der Waals surface area contributed by atoms with Crippen molar-refractivity contribution in [3.05, 3.63) is 12.4 Å². The van der Waals surface area contributed by atoms with Crippen LogP contribution in [0.5, 0.6) is 0 Å². The second-order valence-electron chi connectivity index (χ2n) is 5.75. The molecule has 7 nitrogen and oxygen atoms in total. The molecule has 3 N–H and O–H groups in total. The molecule has 1 fully saturated rings. The van der Waals surface area contributed by atoms with Gasteiger partial charge in [0.25, 0.3) is 0 Å². The highest BCUT2D eigenvalue weighted by Crippen LogP contribution is 2.36. The third-order valence-corrected chi connectivity index (χ3v) is 3.62. The van der Waals surface area contributed by atoms with Gasteiger partial charge in [0.15, 0.2) is 0 Å². The number of rotatable bonds is 4. The predicted molar refractivity (Wildman–Crippen MR) is 75.4 cm³/mol. The first kappa shape index (κ1) is 14.7. The van der Waals surface area contributed by atoms with Crippen LogP contribution in [0.25, 0.3) is 0 Å². The highest BCUT2D eigenvalue weighted by molar-refractivity contribution is 6.61. The number of amides is 1. The Hall–Kier alpha value is -1.67. The average Bonchev–Trinajstić information content (AvgIpc) is 2.56. The molecule has 0 aliphatic carbocycles. The van der Waals surface area contributed by atoms with Gasteiger partial charge in [-0.2, -0.15) is 0 Å². The van der Waals surface area contributed by atoms with Crippen molar-refractivity contribution in [1.82, 2.24) is 9.97 Å². The Labute approximate surface area is 118 Å². The van der Waals surface area contributed by atoms with E-state index in [1.165, 1.54) is 0 Å². The Bertz CT molecular complexity index is 488. The maximum atomic E-state index is 10.7. The van der Waals surface area contributed by atoms with Crippen LogP contribution in [-0.2, 0) is 14.1 Å². The largest absolute Gasteiger partial charge is 0.498 e. The molecule has 1 saturated heterocycles. The molecule has 1 aromatic rings. The van der Waals surface area contributed by atoms with Gasteiger partial charge < -0.3 is 20.4 Å². The quantitative estimate of drug-likeness (QED) is 0.732. The number of nitrogens with two attached hydrogens (primary N) is 1. The molecule has 1 aliphatic heterocycles. The van der Waals surface area contributed by atoms with Crippen molar-refractivity contribution in [2.75, 3.05) is 11.9 Å². The zero-order valence-electron chi connectivity index (χ0n) is 12.1. The lowest BCUT2D eigenvalue weighted by molar-refractivity contribution is -0.116. The molecule has 108 valence electrons.